The molecule has 1 aliphatic heterocycles. The average Bonchev–Trinajstić information content (AvgIpc) is 2.98. The molecule has 1 fully saturated rings. The Hall–Kier alpha value is -3.88. The van der Waals surface area contributed by atoms with Gasteiger partial charge in [0.2, 0.25) is 5.78 Å². The van der Waals surface area contributed by atoms with E-state index >= 15 is 0 Å². The highest BCUT2D eigenvalue weighted by atomic mass is 16.7. The highest BCUT2D eigenvalue weighted by molar-refractivity contribution is 6.31. The third-order valence-corrected chi connectivity index (χ3v) is 8.49. The monoisotopic (exact) mass is 613 g/mol. The number of rotatable bonds is 8. The number of esters is 1. The van der Waals surface area contributed by atoms with Crippen LogP contribution in [0.3, 0.4) is 0 Å². The van der Waals surface area contributed by atoms with E-state index in [1.54, 1.807) is 6.92 Å². The van der Waals surface area contributed by atoms with Gasteiger partial charge in [0, 0.05) is 48.4 Å². The average molecular weight is 614 g/mol. The molecule has 0 unspecified atom stereocenters. The van der Waals surface area contributed by atoms with E-state index in [9.17, 15) is 39.6 Å². The first-order chi connectivity index (χ1) is 20.9. The third-order valence-electron chi connectivity index (χ3n) is 8.49. The van der Waals surface area contributed by atoms with E-state index in [0.29, 0.717) is 6.42 Å². The van der Waals surface area contributed by atoms with E-state index in [-0.39, 0.29) is 40.8 Å². The van der Waals surface area contributed by atoms with E-state index in [2.05, 4.69) is 0 Å². The summed E-state index contributed by atoms with van der Waals surface area (Å²) in [6.45, 7) is 2.43. The standard InChI is InChI=1S/C31H35NO12/c1-4-6-20(35)44-30-13(2)42-21(9-16(30)32)43-18-11-31(40,19(34)12-33)10-15-23(18)29(39)25-24(27(15)37)26(36)14-7-5-8-17(41-3)22(14)28(25)38/h5,7-8,13,16,18,21,30,33,37,39-40H,4,6,9-12,32H2,1-3H3/t13-,16-,18-,21-,30+,31-/m0/s1. The molecular formula is C31H35NO12. The summed E-state index contributed by atoms with van der Waals surface area (Å²) in [4.78, 5) is 52.2. The summed E-state index contributed by atoms with van der Waals surface area (Å²) in [6, 6.07) is 3.64. The van der Waals surface area contributed by atoms with Gasteiger partial charge in [0.15, 0.2) is 17.9 Å². The van der Waals surface area contributed by atoms with Gasteiger partial charge >= 0.3 is 5.97 Å². The molecule has 6 atom stereocenters. The number of aliphatic hydroxyl groups excluding tert-OH is 1. The molecule has 5 rings (SSSR count). The second-order valence-corrected chi connectivity index (χ2v) is 11.4. The van der Waals surface area contributed by atoms with Crippen LogP contribution in [0.15, 0.2) is 18.2 Å². The third kappa shape index (κ3) is 5.14. The van der Waals surface area contributed by atoms with Crippen LogP contribution in [0.2, 0.25) is 0 Å². The van der Waals surface area contributed by atoms with Gasteiger partial charge in [-0.25, -0.2) is 0 Å². The molecule has 3 aliphatic rings. The predicted octanol–water partition coefficient (Wildman–Crippen LogP) is 1.35. The van der Waals surface area contributed by atoms with Gasteiger partial charge in [-0.2, -0.15) is 0 Å². The fraction of sp³-hybridized carbons (Fsp3) is 0.484. The van der Waals surface area contributed by atoms with Crippen LogP contribution in [0.4, 0.5) is 0 Å². The number of hydrogen-bond acceptors (Lipinski definition) is 13. The lowest BCUT2D eigenvalue weighted by atomic mass is 9.72. The Morgan fingerprint density at radius 3 is 2.45 bits per heavy atom. The Morgan fingerprint density at radius 1 is 1.11 bits per heavy atom. The van der Waals surface area contributed by atoms with E-state index in [1.165, 1.54) is 25.3 Å². The lowest BCUT2D eigenvalue weighted by Crippen LogP contribution is -2.54. The van der Waals surface area contributed by atoms with Crippen molar-refractivity contribution in [3.8, 4) is 17.2 Å². The fourth-order valence-electron chi connectivity index (χ4n) is 6.34. The number of methoxy groups -OCH3 is 1. The van der Waals surface area contributed by atoms with Crippen molar-refractivity contribution in [2.24, 2.45) is 5.73 Å². The highest BCUT2D eigenvalue weighted by Gasteiger charge is 2.50. The first-order valence-electron chi connectivity index (χ1n) is 14.4. The van der Waals surface area contributed by atoms with E-state index in [0.717, 1.165) is 0 Å². The highest BCUT2D eigenvalue weighted by Crippen LogP contribution is 2.52. The van der Waals surface area contributed by atoms with Gasteiger partial charge in [-0.15, -0.1) is 0 Å². The Morgan fingerprint density at radius 2 is 1.82 bits per heavy atom. The molecule has 0 saturated carbocycles. The largest absolute Gasteiger partial charge is 0.507 e. The van der Waals surface area contributed by atoms with Gasteiger partial charge in [0.25, 0.3) is 0 Å². The fourth-order valence-corrected chi connectivity index (χ4v) is 6.34. The zero-order valence-electron chi connectivity index (χ0n) is 24.5. The molecule has 6 N–H and O–H groups in total. The smallest absolute Gasteiger partial charge is 0.306 e. The van der Waals surface area contributed by atoms with E-state index < -0.39 is 102 Å². The molecule has 0 spiro atoms. The number of fused-ring (bicyclic) bond motifs is 3. The van der Waals surface area contributed by atoms with Crippen LogP contribution in [0.25, 0.3) is 0 Å². The number of phenols is 2. The number of nitrogens with two attached hydrogens (primary N) is 1. The molecular weight excluding hydrogens is 578 g/mol. The number of phenolic OH excluding ortho intramolecular Hbond substituents is 2. The minimum Gasteiger partial charge on any atom is -0.507 e. The summed E-state index contributed by atoms with van der Waals surface area (Å²) >= 11 is 0. The van der Waals surface area contributed by atoms with Crippen LogP contribution in [0.1, 0.15) is 88.6 Å². The number of benzene rings is 2. The quantitative estimate of drug-likeness (QED) is 0.180. The van der Waals surface area contributed by atoms with Crippen molar-refractivity contribution in [2.75, 3.05) is 13.7 Å². The predicted molar refractivity (Wildman–Crippen MR) is 151 cm³/mol. The molecule has 1 saturated heterocycles. The van der Waals surface area contributed by atoms with Crippen molar-refractivity contribution in [1.29, 1.82) is 0 Å². The van der Waals surface area contributed by atoms with Crippen molar-refractivity contribution in [2.45, 2.75) is 82.2 Å². The normalized spacial score (nSPS) is 27.6. The minimum absolute atomic E-state index is 0.00625. The lowest BCUT2D eigenvalue weighted by molar-refractivity contribution is -0.251. The Balaban J connectivity index is 1.57. The molecule has 0 aromatic heterocycles. The van der Waals surface area contributed by atoms with Gasteiger partial charge in [0.05, 0.1) is 36.0 Å². The molecule has 2 aromatic rings. The summed E-state index contributed by atoms with van der Waals surface area (Å²) in [5, 5.41) is 44.0. The number of aliphatic hydroxyl groups is 2. The molecule has 13 heteroatoms. The van der Waals surface area contributed by atoms with Crippen LogP contribution >= 0.6 is 0 Å². The first-order valence-corrected chi connectivity index (χ1v) is 14.4. The number of ether oxygens (including phenoxy) is 4. The molecule has 236 valence electrons. The summed E-state index contributed by atoms with van der Waals surface area (Å²) in [5.74, 6) is -4.27. The number of carbonyl (C=O) groups is 4. The molecule has 2 aromatic carbocycles. The van der Waals surface area contributed by atoms with Crippen molar-refractivity contribution < 1.29 is 58.6 Å². The second kappa shape index (κ2) is 11.9. The molecule has 0 radical (unpaired) electrons. The molecule has 2 aliphatic carbocycles. The first kappa shape index (κ1) is 31.5. The van der Waals surface area contributed by atoms with Gasteiger partial charge < -0.3 is 45.1 Å². The topological polar surface area (TPSA) is 212 Å². The zero-order valence-corrected chi connectivity index (χ0v) is 24.5. The van der Waals surface area contributed by atoms with Crippen molar-refractivity contribution in [3.63, 3.8) is 0 Å². The van der Waals surface area contributed by atoms with Gasteiger partial charge in [0.1, 0.15) is 35.6 Å². The maximum absolute atomic E-state index is 13.8. The van der Waals surface area contributed by atoms with Crippen molar-refractivity contribution in [3.05, 3.63) is 51.6 Å². The molecule has 13 nitrogen and oxygen atoms in total. The van der Waals surface area contributed by atoms with Gasteiger partial charge in [-0.3, -0.25) is 19.2 Å². The Kier molecular flexibility index (Phi) is 8.53. The van der Waals surface area contributed by atoms with E-state index in [1.807, 2.05) is 6.92 Å². The number of ketones is 3. The summed E-state index contributed by atoms with van der Waals surface area (Å²) < 4.78 is 22.9. The summed E-state index contributed by atoms with van der Waals surface area (Å²) in [6.07, 6.45) is -4.25. The van der Waals surface area contributed by atoms with Crippen LogP contribution in [-0.4, -0.2) is 87.6 Å². The number of aromatic hydroxyl groups is 2. The lowest BCUT2D eigenvalue weighted by Gasteiger charge is -2.42. The minimum atomic E-state index is -2.27. The zero-order chi connectivity index (χ0) is 32.1. The Labute approximate surface area is 252 Å². The van der Waals surface area contributed by atoms with Crippen LogP contribution in [-0.2, 0) is 30.2 Å². The van der Waals surface area contributed by atoms with Crippen molar-refractivity contribution >= 4 is 23.3 Å². The van der Waals surface area contributed by atoms with Crippen LogP contribution < -0.4 is 10.5 Å². The maximum atomic E-state index is 13.8. The summed E-state index contributed by atoms with van der Waals surface area (Å²) in [7, 11) is 1.32. The molecule has 0 bridgehead atoms. The van der Waals surface area contributed by atoms with Crippen molar-refractivity contribution in [1.82, 2.24) is 0 Å². The van der Waals surface area contributed by atoms with Crippen LogP contribution in [0.5, 0.6) is 17.2 Å². The van der Waals surface area contributed by atoms with E-state index in [4.69, 9.17) is 24.7 Å². The number of hydrogen-bond donors (Lipinski definition) is 5. The molecule has 1 heterocycles. The number of carbonyl (C=O) groups excluding carboxylic acids is 4. The number of Topliss-reactive ketones (excluding diaryl/α,β-unsaturated/α-hetero) is 1. The molecule has 0 amide bonds. The summed E-state index contributed by atoms with van der Waals surface area (Å²) in [5.41, 5.74) is 2.60. The SMILES string of the molecule is CCCC(=O)O[C@@H]1[C@H](C)O[C@@H](O[C@H]2C[C@](O)(C(=O)CO)Cc3c(O)c4c(c(O)c32)C(=O)c2c(OC)cccc2C4=O)C[C@@H]1N. The van der Waals surface area contributed by atoms with Gasteiger partial charge in [-0.05, 0) is 19.4 Å². The maximum Gasteiger partial charge on any atom is 0.306 e. The second-order valence-electron chi connectivity index (χ2n) is 11.4. The van der Waals surface area contributed by atoms with Gasteiger partial charge in [-0.1, -0.05) is 19.1 Å². The van der Waals surface area contributed by atoms with Crippen LogP contribution in [0, 0.1) is 0 Å². The Bertz CT molecular complexity index is 1520. The molecule has 44 heavy (non-hydrogen) atoms.